The second-order valence-corrected chi connectivity index (χ2v) is 5.10. The van der Waals surface area contributed by atoms with Gasteiger partial charge in [-0.15, -0.1) is 0 Å². The molecule has 0 aliphatic rings. The molecule has 0 unspecified atom stereocenters. The smallest absolute Gasteiger partial charge is 0.169 e. The van der Waals surface area contributed by atoms with Gasteiger partial charge in [-0.05, 0) is 12.1 Å². The van der Waals surface area contributed by atoms with E-state index in [-0.39, 0.29) is 21.6 Å². The number of phenols is 1. The molecule has 1 aromatic rings. The monoisotopic (exact) mass is 246 g/mol. The quantitative estimate of drug-likeness (QED) is 0.763. The van der Waals surface area contributed by atoms with Gasteiger partial charge in [0.25, 0.3) is 0 Å². The first-order valence-corrected chi connectivity index (χ1v) is 5.22. The Hall–Kier alpha value is -0.730. The number of benzene rings is 1. The fourth-order valence-corrected chi connectivity index (χ4v) is 1.53. The van der Waals surface area contributed by atoms with Crippen molar-refractivity contribution in [2.45, 2.75) is 20.8 Å². The summed E-state index contributed by atoms with van der Waals surface area (Å²) >= 11 is 11.6. The van der Waals surface area contributed by atoms with Crippen LogP contribution in [0, 0.1) is 5.41 Å². The van der Waals surface area contributed by atoms with Gasteiger partial charge in [-0.25, -0.2) is 0 Å². The van der Waals surface area contributed by atoms with Crippen LogP contribution in [0.4, 0.5) is 0 Å². The molecule has 0 fully saturated rings. The lowest BCUT2D eigenvalue weighted by molar-refractivity contribution is 0.0858. The second kappa shape index (κ2) is 4.03. The van der Waals surface area contributed by atoms with Gasteiger partial charge in [0, 0.05) is 11.0 Å². The minimum absolute atomic E-state index is 0.0202. The molecule has 0 saturated carbocycles. The SMILES string of the molecule is CC(C)(C)C(=O)c1ccc(O)c(Cl)c1Cl. The molecular weight excluding hydrogens is 235 g/mol. The number of rotatable bonds is 1. The summed E-state index contributed by atoms with van der Waals surface area (Å²) in [6.45, 7) is 5.39. The Morgan fingerprint density at radius 2 is 1.73 bits per heavy atom. The Morgan fingerprint density at radius 3 is 2.20 bits per heavy atom. The van der Waals surface area contributed by atoms with Crippen LogP contribution in [0.3, 0.4) is 0 Å². The van der Waals surface area contributed by atoms with Crippen LogP contribution in [0.2, 0.25) is 10.0 Å². The lowest BCUT2D eigenvalue weighted by Gasteiger charge is -2.17. The molecule has 0 atom stereocenters. The topological polar surface area (TPSA) is 37.3 Å². The third-order valence-corrected chi connectivity index (χ3v) is 2.86. The zero-order valence-corrected chi connectivity index (χ0v) is 10.3. The van der Waals surface area contributed by atoms with E-state index in [1.165, 1.54) is 12.1 Å². The predicted octanol–water partition coefficient (Wildman–Crippen LogP) is 3.93. The summed E-state index contributed by atoms with van der Waals surface area (Å²) in [5.41, 5.74) is -0.184. The van der Waals surface area contributed by atoms with Crippen LogP contribution >= 0.6 is 23.2 Å². The lowest BCUT2D eigenvalue weighted by atomic mass is 9.86. The highest BCUT2D eigenvalue weighted by Crippen LogP contribution is 2.36. The highest BCUT2D eigenvalue weighted by molar-refractivity contribution is 6.44. The van der Waals surface area contributed by atoms with Gasteiger partial charge in [0.1, 0.15) is 10.8 Å². The fourth-order valence-electron chi connectivity index (χ4n) is 1.12. The van der Waals surface area contributed by atoms with E-state index in [1.807, 2.05) is 0 Å². The number of halogens is 2. The Bertz CT molecular complexity index is 406. The van der Waals surface area contributed by atoms with Crippen LogP contribution in [0.25, 0.3) is 0 Å². The van der Waals surface area contributed by atoms with Gasteiger partial charge in [-0.1, -0.05) is 44.0 Å². The van der Waals surface area contributed by atoms with E-state index in [4.69, 9.17) is 23.2 Å². The van der Waals surface area contributed by atoms with Gasteiger partial charge in [-0.2, -0.15) is 0 Å². The largest absolute Gasteiger partial charge is 0.506 e. The number of phenolic OH excluding ortho intramolecular Hbond substituents is 1. The fraction of sp³-hybridized carbons (Fsp3) is 0.364. The zero-order valence-electron chi connectivity index (χ0n) is 8.77. The van der Waals surface area contributed by atoms with Crippen molar-refractivity contribution in [3.8, 4) is 5.75 Å². The summed E-state index contributed by atoms with van der Waals surface area (Å²) in [6.07, 6.45) is 0. The maximum atomic E-state index is 11.9. The van der Waals surface area contributed by atoms with Crippen molar-refractivity contribution in [1.29, 1.82) is 0 Å². The number of carbonyl (C=O) groups is 1. The highest BCUT2D eigenvalue weighted by Gasteiger charge is 2.26. The number of hydrogen-bond donors (Lipinski definition) is 1. The minimum Gasteiger partial charge on any atom is -0.506 e. The van der Waals surface area contributed by atoms with Gasteiger partial charge in [0.05, 0.1) is 5.02 Å². The first kappa shape index (κ1) is 12.3. The van der Waals surface area contributed by atoms with Crippen molar-refractivity contribution in [3.63, 3.8) is 0 Å². The molecule has 0 saturated heterocycles. The Kier molecular flexibility index (Phi) is 3.31. The summed E-state index contributed by atoms with van der Waals surface area (Å²) in [6, 6.07) is 2.85. The van der Waals surface area contributed by atoms with Crippen LogP contribution in [0.5, 0.6) is 5.75 Å². The van der Waals surface area contributed by atoms with Crippen LogP contribution in [0.15, 0.2) is 12.1 Å². The van der Waals surface area contributed by atoms with E-state index in [0.29, 0.717) is 5.56 Å². The van der Waals surface area contributed by atoms with E-state index < -0.39 is 5.41 Å². The number of Topliss-reactive ketones (excluding diaryl/α,β-unsaturated/α-hetero) is 1. The predicted molar refractivity (Wildman–Crippen MR) is 61.9 cm³/mol. The molecule has 4 heteroatoms. The molecule has 0 heterocycles. The summed E-state index contributed by atoms with van der Waals surface area (Å²) in [5.74, 6) is -0.221. The number of carbonyl (C=O) groups excluding carboxylic acids is 1. The first-order valence-electron chi connectivity index (χ1n) is 4.47. The van der Waals surface area contributed by atoms with E-state index in [9.17, 15) is 9.90 Å². The Labute approximate surface area is 98.8 Å². The second-order valence-electron chi connectivity index (χ2n) is 4.34. The van der Waals surface area contributed by atoms with Gasteiger partial charge in [0.15, 0.2) is 5.78 Å². The number of hydrogen-bond acceptors (Lipinski definition) is 2. The van der Waals surface area contributed by atoms with Crippen molar-refractivity contribution in [2.75, 3.05) is 0 Å². The van der Waals surface area contributed by atoms with E-state index in [1.54, 1.807) is 20.8 Å². The third-order valence-electron chi connectivity index (χ3n) is 1.99. The molecule has 0 aliphatic heterocycles. The molecule has 0 aliphatic carbocycles. The van der Waals surface area contributed by atoms with Crippen molar-refractivity contribution in [3.05, 3.63) is 27.7 Å². The Morgan fingerprint density at radius 1 is 1.20 bits per heavy atom. The normalized spacial score (nSPS) is 11.5. The standard InChI is InChI=1S/C11H12Cl2O2/c1-11(2,3)10(15)6-4-5-7(14)9(13)8(6)12/h4-5,14H,1-3H3. The summed E-state index contributed by atoms with van der Waals surface area (Å²) < 4.78 is 0. The molecule has 2 nitrogen and oxygen atoms in total. The molecule has 1 N–H and O–H groups in total. The van der Waals surface area contributed by atoms with Crippen LogP contribution in [0.1, 0.15) is 31.1 Å². The minimum atomic E-state index is -0.524. The van der Waals surface area contributed by atoms with E-state index in [0.717, 1.165) is 0 Å². The molecule has 1 aromatic carbocycles. The van der Waals surface area contributed by atoms with Crippen LogP contribution in [-0.2, 0) is 0 Å². The van der Waals surface area contributed by atoms with Crippen LogP contribution < -0.4 is 0 Å². The molecule has 0 aromatic heterocycles. The molecule has 0 amide bonds. The molecule has 0 radical (unpaired) electrons. The summed E-state index contributed by atoms with van der Waals surface area (Å²) in [5, 5.41) is 9.41. The highest BCUT2D eigenvalue weighted by atomic mass is 35.5. The summed E-state index contributed by atoms with van der Waals surface area (Å²) in [4.78, 5) is 11.9. The number of ketones is 1. The van der Waals surface area contributed by atoms with Gasteiger partial charge >= 0.3 is 0 Å². The maximum Gasteiger partial charge on any atom is 0.169 e. The van der Waals surface area contributed by atoms with Crippen molar-refractivity contribution >= 4 is 29.0 Å². The Balaban J connectivity index is 3.29. The van der Waals surface area contributed by atoms with Gasteiger partial charge in [-0.3, -0.25) is 4.79 Å². The molecule has 1 rings (SSSR count). The van der Waals surface area contributed by atoms with E-state index >= 15 is 0 Å². The van der Waals surface area contributed by atoms with Crippen molar-refractivity contribution in [1.82, 2.24) is 0 Å². The average Bonchev–Trinajstić information content (AvgIpc) is 2.12. The third kappa shape index (κ3) is 2.44. The molecule has 15 heavy (non-hydrogen) atoms. The summed E-state index contributed by atoms with van der Waals surface area (Å²) in [7, 11) is 0. The average molecular weight is 247 g/mol. The molecule has 82 valence electrons. The van der Waals surface area contributed by atoms with Crippen LogP contribution in [-0.4, -0.2) is 10.9 Å². The number of aromatic hydroxyl groups is 1. The van der Waals surface area contributed by atoms with Gasteiger partial charge < -0.3 is 5.11 Å². The lowest BCUT2D eigenvalue weighted by Crippen LogP contribution is -2.20. The molecule has 0 spiro atoms. The zero-order chi connectivity index (χ0) is 11.8. The molecule has 0 bridgehead atoms. The van der Waals surface area contributed by atoms with Crippen molar-refractivity contribution in [2.24, 2.45) is 5.41 Å². The van der Waals surface area contributed by atoms with E-state index in [2.05, 4.69) is 0 Å². The maximum absolute atomic E-state index is 11.9. The first-order chi connectivity index (χ1) is 6.75. The molecular formula is C11H12Cl2O2. The van der Waals surface area contributed by atoms with Gasteiger partial charge in [0.2, 0.25) is 0 Å². The van der Waals surface area contributed by atoms with Crippen molar-refractivity contribution < 1.29 is 9.90 Å².